The summed E-state index contributed by atoms with van der Waals surface area (Å²) in [4.78, 5) is 0. The van der Waals surface area contributed by atoms with Crippen LogP contribution < -0.4 is 5.32 Å². The average molecular weight is 259 g/mol. The molecule has 0 aliphatic carbocycles. The normalized spacial score (nSPS) is 12.2. The molecule has 1 unspecified atom stereocenters. The molecule has 0 spiro atoms. The zero-order valence-electron chi connectivity index (χ0n) is 10.9. The Morgan fingerprint density at radius 2 is 1.84 bits per heavy atom. The van der Waals surface area contributed by atoms with Crippen molar-refractivity contribution in [2.24, 2.45) is 0 Å². The molecule has 2 rings (SSSR count). The third kappa shape index (κ3) is 4.07. The van der Waals surface area contributed by atoms with Crippen LogP contribution in [0.3, 0.4) is 0 Å². The zero-order chi connectivity index (χ0) is 13.7. The second-order valence-corrected chi connectivity index (χ2v) is 4.74. The lowest BCUT2D eigenvalue weighted by atomic mass is 10.1. The molecule has 2 nitrogen and oxygen atoms in total. The smallest absolute Gasteiger partial charge is 0.123 e. The topological polar surface area (TPSA) is 32.3 Å². The SMILES string of the molecule is CC(Cc1cccc(F)c1)Nc1cccc(CO)c1. The van der Waals surface area contributed by atoms with Gasteiger partial charge in [0.25, 0.3) is 0 Å². The molecule has 0 saturated carbocycles. The van der Waals surface area contributed by atoms with Gasteiger partial charge < -0.3 is 10.4 Å². The van der Waals surface area contributed by atoms with Gasteiger partial charge in [0, 0.05) is 11.7 Å². The van der Waals surface area contributed by atoms with Crippen LogP contribution in [0.25, 0.3) is 0 Å². The van der Waals surface area contributed by atoms with Gasteiger partial charge in [-0.2, -0.15) is 0 Å². The number of anilines is 1. The maximum Gasteiger partial charge on any atom is 0.123 e. The van der Waals surface area contributed by atoms with E-state index in [-0.39, 0.29) is 18.5 Å². The minimum absolute atomic E-state index is 0.0355. The summed E-state index contributed by atoms with van der Waals surface area (Å²) in [6.45, 7) is 2.09. The van der Waals surface area contributed by atoms with Gasteiger partial charge in [-0.15, -0.1) is 0 Å². The number of aliphatic hydroxyl groups excluding tert-OH is 1. The fourth-order valence-corrected chi connectivity index (χ4v) is 2.11. The van der Waals surface area contributed by atoms with E-state index in [9.17, 15) is 4.39 Å². The van der Waals surface area contributed by atoms with E-state index in [1.807, 2.05) is 30.3 Å². The molecule has 0 aromatic heterocycles. The molecule has 0 bridgehead atoms. The highest BCUT2D eigenvalue weighted by molar-refractivity contribution is 5.46. The van der Waals surface area contributed by atoms with Gasteiger partial charge in [-0.3, -0.25) is 0 Å². The van der Waals surface area contributed by atoms with Gasteiger partial charge in [0.2, 0.25) is 0 Å². The number of benzene rings is 2. The van der Waals surface area contributed by atoms with Crippen molar-refractivity contribution in [3.63, 3.8) is 0 Å². The van der Waals surface area contributed by atoms with Crippen LogP contribution in [0.5, 0.6) is 0 Å². The first-order chi connectivity index (χ1) is 9.17. The van der Waals surface area contributed by atoms with Gasteiger partial charge in [-0.1, -0.05) is 24.3 Å². The molecule has 2 aromatic rings. The molecule has 0 radical (unpaired) electrons. The van der Waals surface area contributed by atoms with Gasteiger partial charge in [0.05, 0.1) is 6.61 Å². The largest absolute Gasteiger partial charge is 0.392 e. The van der Waals surface area contributed by atoms with E-state index in [0.29, 0.717) is 0 Å². The van der Waals surface area contributed by atoms with E-state index in [4.69, 9.17) is 5.11 Å². The van der Waals surface area contributed by atoms with E-state index >= 15 is 0 Å². The van der Waals surface area contributed by atoms with Gasteiger partial charge in [0.15, 0.2) is 0 Å². The molecule has 0 fully saturated rings. The molecule has 1 atom stereocenters. The van der Waals surface area contributed by atoms with Crippen LogP contribution in [0.1, 0.15) is 18.1 Å². The predicted octanol–water partition coefficient (Wildman–Crippen LogP) is 3.36. The first kappa shape index (κ1) is 13.6. The minimum Gasteiger partial charge on any atom is -0.392 e. The molecule has 0 saturated heterocycles. The number of halogens is 1. The fraction of sp³-hybridized carbons (Fsp3) is 0.250. The van der Waals surface area contributed by atoms with Gasteiger partial charge in [-0.25, -0.2) is 4.39 Å². The quantitative estimate of drug-likeness (QED) is 0.863. The number of aliphatic hydroxyl groups is 1. The lowest BCUT2D eigenvalue weighted by molar-refractivity contribution is 0.282. The highest BCUT2D eigenvalue weighted by atomic mass is 19.1. The van der Waals surface area contributed by atoms with Crippen molar-refractivity contribution in [3.8, 4) is 0 Å². The second kappa shape index (κ2) is 6.34. The molecule has 0 aliphatic heterocycles. The highest BCUT2D eigenvalue weighted by Gasteiger charge is 2.05. The summed E-state index contributed by atoms with van der Waals surface area (Å²) in [7, 11) is 0. The maximum atomic E-state index is 13.1. The van der Waals surface area contributed by atoms with Crippen LogP contribution in [0.4, 0.5) is 10.1 Å². The van der Waals surface area contributed by atoms with Gasteiger partial charge >= 0.3 is 0 Å². The number of hydrogen-bond acceptors (Lipinski definition) is 2. The van der Waals surface area contributed by atoms with Crippen molar-refractivity contribution >= 4 is 5.69 Å². The summed E-state index contributed by atoms with van der Waals surface area (Å²) >= 11 is 0. The van der Waals surface area contributed by atoms with Crippen molar-refractivity contribution in [1.29, 1.82) is 0 Å². The highest BCUT2D eigenvalue weighted by Crippen LogP contribution is 2.14. The minimum atomic E-state index is -0.202. The molecule has 19 heavy (non-hydrogen) atoms. The summed E-state index contributed by atoms with van der Waals surface area (Å²) in [6, 6.07) is 14.5. The van der Waals surface area contributed by atoms with E-state index in [2.05, 4.69) is 12.2 Å². The summed E-state index contributed by atoms with van der Waals surface area (Å²) in [5, 5.41) is 12.4. The summed E-state index contributed by atoms with van der Waals surface area (Å²) in [5.74, 6) is -0.202. The molecular weight excluding hydrogens is 241 g/mol. The van der Waals surface area contributed by atoms with Crippen LogP contribution >= 0.6 is 0 Å². The Hall–Kier alpha value is -1.87. The number of hydrogen-bond donors (Lipinski definition) is 2. The molecule has 100 valence electrons. The summed E-state index contributed by atoms with van der Waals surface area (Å²) in [5.41, 5.74) is 2.82. The standard InChI is InChI=1S/C16H18FNO/c1-12(8-13-4-2-6-15(17)9-13)18-16-7-3-5-14(10-16)11-19/h2-7,9-10,12,18-19H,8,11H2,1H3. The van der Waals surface area contributed by atoms with Gasteiger partial charge in [0.1, 0.15) is 5.82 Å². The van der Waals surface area contributed by atoms with Crippen molar-refractivity contribution in [3.05, 3.63) is 65.5 Å². The first-order valence-electron chi connectivity index (χ1n) is 6.38. The summed E-state index contributed by atoms with van der Waals surface area (Å²) in [6.07, 6.45) is 0.751. The Balaban J connectivity index is 1.98. The molecule has 3 heteroatoms. The van der Waals surface area contributed by atoms with Crippen molar-refractivity contribution in [1.82, 2.24) is 0 Å². The zero-order valence-corrected chi connectivity index (χ0v) is 10.9. The Bertz CT molecular complexity index is 542. The molecule has 0 aliphatic rings. The van der Waals surface area contributed by atoms with Crippen LogP contribution in [0.15, 0.2) is 48.5 Å². The average Bonchev–Trinajstić information content (AvgIpc) is 2.38. The third-order valence-electron chi connectivity index (χ3n) is 2.95. The van der Waals surface area contributed by atoms with Crippen LogP contribution in [-0.2, 0) is 13.0 Å². The Morgan fingerprint density at radius 3 is 2.58 bits per heavy atom. The Kier molecular flexibility index (Phi) is 4.53. The van der Waals surface area contributed by atoms with Crippen LogP contribution in [0, 0.1) is 5.82 Å². The second-order valence-electron chi connectivity index (χ2n) is 4.74. The molecule has 2 N–H and O–H groups in total. The summed E-state index contributed by atoms with van der Waals surface area (Å²) < 4.78 is 13.1. The molecule has 0 amide bonds. The van der Waals surface area contributed by atoms with Crippen molar-refractivity contribution < 1.29 is 9.50 Å². The lowest BCUT2D eigenvalue weighted by Crippen LogP contribution is -2.18. The van der Waals surface area contributed by atoms with E-state index in [1.54, 1.807) is 12.1 Å². The lowest BCUT2D eigenvalue weighted by Gasteiger charge is -2.16. The van der Waals surface area contributed by atoms with Crippen LogP contribution in [0.2, 0.25) is 0 Å². The fourth-order valence-electron chi connectivity index (χ4n) is 2.11. The van der Waals surface area contributed by atoms with E-state index < -0.39 is 0 Å². The Morgan fingerprint density at radius 1 is 1.11 bits per heavy atom. The number of nitrogens with one attached hydrogen (secondary N) is 1. The van der Waals surface area contributed by atoms with Gasteiger partial charge in [-0.05, 0) is 48.7 Å². The van der Waals surface area contributed by atoms with E-state index in [1.165, 1.54) is 6.07 Å². The van der Waals surface area contributed by atoms with Crippen molar-refractivity contribution in [2.45, 2.75) is 26.0 Å². The van der Waals surface area contributed by atoms with Crippen LogP contribution in [-0.4, -0.2) is 11.1 Å². The van der Waals surface area contributed by atoms with Crippen molar-refractivity contribution in [2.75, 3.05) is 5.32 Å². The Labute approximate surface area is 112 Å². The first-order valence-corrected chi connectivity index (χ1v) is 6.38. The third-order valence-corrected chi connectivity index (χ3v) is 2.95. The van der Waals surface area contributed by atoms with E-state index in [0.717, 1.165) is 23.2 Å². The monoisotopic (exact) mass is 259 g/mol. The number of rotatable bonds is 5. The predicted molar refractivity (Wildman–Crippen MR) is 75.6 cm³/mol. The molecule has 2 aromatic carbocycles. The molecule has 0 heterocycles. The molecular formula is C16H18FNO. The maximum absolute atomic E-state index is 13.1.